The van der Waals surface area contributed by atoms with E-state index in [9.17, 15) is 4.79 Å². The van der Waals surface area contributed by atoms with Gasteiger partial charge in [-0.1, -0.05) is 90.5 Å². The molecule has 0 atom stereocenters. The molecule has 0 fully saturated rings. The van der Waals surface area contributed by atoms with E-state index in [1.807, 2.05) is 78.9 Å². The number of hydrogen-bond donors (Lipinski definition) is 0. The van der Waals surface area contributed by atoms with Crippen LogP contribution in [0, 0.1) is 0 Å². The van der Waals surface area contributed by atoms with Crippen molar-refractivity contribution in [1.29, 1.82) is 0 Å². The summed E-state index contributed by atoms with van der Waals surface area (Å²) in [4.78, 5) is 12.2. The number of benzene rings is 3. The first-order valence-corrected chi connectivity index (χ1v) is 9.42. The summed E-state index contributed by atoms with van der Waals surface area (Å²) >= 11 is 6.38. The van der Waals surface area contributed by atoms with Gasteiger partial charge in [-0.3, -0.25) is 0 Å². The normalized spacial score (nSPS) is 13.0. The third-order valence-electron chi connectivity index (χ3n) is 4.62. The fraction of sp³-hybridized carbons (Fsp3) is 0.0417. The highest BCUT2D eigenvalue weighted by Crippen LogP contribution is 2.36. The molecule has 0 N–H and O–H groups in total. The van der Waals surface area contributed by atoms with Crippen molar-refractivity contribution in [2.75, 3.05) is 7.11 Å². The summed E-state index contributed by atoms with van der Waals surface area (Å²) in [5.74, 6) is -0.608. The van der Waals surface area contributed by atoms with Gasteiger partial charge in [0.2, 0.25) is 0 Å². The first kappa shape index (κ1) is 18.8. The minimum atomic E-state index is -0.608. The van der Waals surface area contributed by atoms with E-state index in [0.717, 1.165) is 27.8 Å². The maximum atomic E-state index is 12.2. The topological polar surface area (TPSA) is 51.0 Å². The monoisotopic (exact) mass is 400 g/mol. The van der Waals surface area contributed by atoms with Crippen LogP contribution in [0.4, 0.5) is 0 Å². The molecule has 3 aromatic carbocycles. The van der Waals surface area contributed by atoms with Crippen LogP contribution in [0.5, 0.6) is 0 Å². The molecule has 0 radical (unpaired) electrons. The van der Waals surface area contributed by atoms with Gasteiger partial charge in [0.05, 0.1) is 12.1 Å². The molecule has 0 unspecified atom stereocenters. The summed E-state index contributed by atoms with van der Waals surface area (Å²) in [6.45, 7) is 0. The Hall–Kier alpha value is -3.50. The second-order valence-electron chi connectivity index (χ2n) is 6.37. The summed E-state index contributed by atoms with van der Waals surface area (Å²) in [5, 5.41) is 9.01. The standard InChI is InChI=1S/C24H17ClN2O2/c1-29-24(28)22(15-21(25)16-9-3-2-4-10-16)26-27-23-19-13-7-5-11-17(19)18-12-6-8-14-20(18)23/h2-15H,1H3/b21-15-,26-22-. The van der Waals surface area contributed by atoms with E-state index in [0.29, 0.717) is 10.7 Å². The lowest BCUT2D eigenvalue weighted by atomic mass is 10.1. The van der Waals surface area contributed by atoms with Crippen molar-refractivity contribution in [3.05, 3.63) is 102 Å². The van der Waals surface area contributed by atoms with Crippen LogP contribution in [0.15, 0.2) is 95.1 Å². The first-order chi connectivity index (χ1) is 14.2. The number of carbonyl (C=O) groups excluding carboxylic acids is 1. The van der Waals surface area contributed by atoms with Gasteiger partial charge in [-0.2, -0.15) is 0 Å². The molecule has 0 bridgehead atoms. The largest absolute Gasteiger partial charge is 0.464 e. The third kappa shape index (κ3) is 3.75. The van der Waals surface area contributed by atoms with Crippen LogP contribution in [0.2, 0.25) is 0 Å². The van der Waals surface area contributed by atoms with Crippen LogP contribution in [0.1, 0.15) is 16.7 Å². The number of halogens is 1. The molecule has 0 heterocycles. The number of carbonyl (C=O) groups is 1. The Morgan fingerprint density at radius 2 is 1.34 bits per heavy atom. The summed E-state index contributed by atoms with van der Waals surface area (Å²) < 4.78 is 4.86. The average molecular weight is 401 g/mol. The second kappa shape index (κ2) is 8.25. The van der Waals surface area contributed by atoms with E-state index in [2.05, 4.69) is 10.2 Å². The molecule has 0 spiro atoms. The van der Waals surface area contributed by atoms with Crippen molar-refractivity contribution in [3.63, 3.8) is 0 Å². The van der Waals surface area contributed by atoms with Gasteiger partial charge in [0.15, 0.2) is 5.71 Å². The van der Waals surface area contributed by atoms with Crippen molar-refractivity contribution < 1.29 is 9.53 Å². The fourth-order valence-corrected chi connectivity index (χ4v) is 3.47. The average Bonchev–Trinajstić information content (AvgIpc) is 3.10. The molecule has 1 aliphatic rings. The Morgan fingerprint density at radius 1 is 0.828 bits per heavy atom. The van der Waals surface area contributed by atoms with E-state index >= 15 is 0 Å². The van der Waals surface area contributed by atoms with Crippen LogP contribution in [-0.4, -0.2) is 24.5 Å². The number of hydrogen-bond acceptors (Lipinski definition) is 4. The molecule has 0 aliphatic heterocycles. The quantitative estimate of drug-likeness (QED) is 0.264. The molecule has 0 saturated heterocycles. The van der Waals surface area contributed by atoms with Crippen molar-refractivity contribution in [2.45, 2.75) is 0 Å². The highest BCUT2D eigenvalue weighted by atomic mass is 35.5. The lowest BCUT2D eigenvalue weighted by Crippen LogP contribution is -2.13. The molecule has 1 aliphatic carbocycles. The zero-order chi connectivity index (χ0) is 20.2. The summed E-state index contributed by atoms with van der Waals surface area (Å²) in [6.07, 6.45) is 1.47. The molecule has 4 nitrogen and oxygen atoms in total. The molecular weight excluding hydrogens is 384 g/mol. The SMILES string of the molecule is COC(=O)C(/C=C(\Cl)c1ccccc1)=N\N=C1c2ccccc2-c2ccccc21. The van der Waals surface area contributed by atoms with Gasteiger partial charge >= 0.3 is 5.97 Å². The first-order valence-electron chi connectivity index (χ1n) is 9.05. The Morgan fingerprint density at radius 3 is 1.90 bits per heavy atom. The number of esters is 1. The molecule has 0 saturated carbocycles. The lowest BCUT2D eigenvalue weighted by molar-refractivity contribution is -0.132. The van der Waals surface area contributed by atoms with E-state index in [1.54, 1.807) is 0 Å². The van der Waals surface area contributed by atoms with Crippen molar-refractivity contribution in [3.8, 4) is 11.1 Å². The number of methoxy groups -OCH3 is 1. The van der Waals surface area contributed by atoms with Gasteiger partial charge in [0.1, 0.15) is 5.71 Å². The predicted molar refractivity (Wildman–Crippen MR) is 117 cm³/mol. The number of ether oxygens (including phenoxy) is 1. The molecule has 3 aromatic rings. The summed E-state index contributed by atoms with van der Waals surface area (Å²) in [5.41, 5.74) is 5.64. The maximum absolute atomic E-state index is 12.2. The van der Waals surface area contributed by atoms with E-state index in [1.165, 1.54) is 13.2 Å². The molecule has 4 rings (SSSR count). The van der Waals surface area contributed by atoms with Crippen molar-refractivity contribution in [2.24, 2.45) is 10.2 Å². The zero-order valence-corrected chi connectivity index (χ0v) is 16.4. The van der Waals surface area contributed by atoms with Crippen LogP contribution in [0.25, 0.3) is 16.2 Å². The van der Waals surface area contributed by atoms with Crippen molar-refractivity contribution in [1.82, 2.24) is 0 Å². The van der Waals surface area contributed by atoms with Crippen LogP contribution in [0.3, 0.4) is 0 Å². The smallest absolute Gasteiger partial charge is 0.358 e. The molecule has 0 amide bonds. The molecular formula is C24H17ClN2O2. The van der Waals surface area contributed by atoms with Crippen molar-refractivity contribution >= 4 is 34.0 Å². The Labute approximate surface area is 173 Å². The number of nitrogens with zero attached hydrogens (tertiary/aromatic N) is 2. The highest BCUT2D eigenvalue weighted by Gasteiger charge is 2.24. The third-order valence-corrected chi connectivity index (χ3v) is 4.95. The zero-order valence-electron chi connectivity index (χ0n) is 15.7. The summed E-state index contributed by atoms with van der Waals surface area (Å²) in [6, 6.07) is 25.3. The maximum Gasteiger partial charge on any atom is 0.358 e. The van der Waals surface area contributed by atoms with E-state index in [4.69, 9.17) is 16.3 Å². The minimum absolute atomic E-state index is 0.0238. The van der Waals surface area contributed by atoms with Crippen LogP contribution >= 0.6 is 11.6 Å². The van der Waals surface area contributed by atoms with Crippen LogP contribution in [-0.2, 0) is 9.53 Å². The number of fused-ring (bicyclic) bond motifs is 3. The Bertz CT molecular complexity index is 1120. The molecule has 0 aromatic heterocycles. The van der Waals surface area contributed by atoms with Gasteiger partial charge in [-0.15, -0.1) is 10.2 Å². The van der Waals surface area contributed by atoms with Gasteiger partial charge < -0.3 is 4.74 Å². The number of rotatable bonds is 4. The Balaban J connectivity index is 1.80. The van der Waals surface area contributed by atoms with Gasteiger partial charge in [-0.05, 0) is 22.8 Å². The lowest BCUT2D eigenvalue weighted by Gasteiger charge is -2.02. The summed E-state index contributed by atoms with van der Waals surface area (Å²) in [7, 11) is 1.30. The van der Waals surface area contributed by atoms with E-state index in [-0.39, 0.29) is 5.71 Å². The fourth-order valence-electron chi connectivity index (χ4n) is 3.24. The van der Waals surface area contributed by atoms with Crippen LogP contribution < -0.4 is 0 Å². The Kier molecular flexibility index (Phi) is 5.36. The highest BCUT2D eigenvalue weighted by molar-refractivity contribution is 6.54. The van der Waals surface area contributed by atoms with Gasteiger partial charge in [0.25, 0.3) is 0 Å². The van der Waals surface area contributed by atoms with Gasteiger partial charge in [0, 0.05) is 11.1 Å². The molecule has 142 valence electrons. The molecule has 5 heteroatoms. The van der Waals surface area contributed by atoms with E-state index < -0.39 is 5.97 Å². The predicted octanol–water partition coefficient (Wildman–Crippen LogP) is 5.31. The molecule has 29 heavy (non-hydrogen) atoms. The minimum Gasteiger partial charge on any atom is -0.464 e. The second-order valence-corrected chi connectivity index (χ2v) is 6.78. The van der Waals surface area contributed by atoms with Gasteiger partial charge in [-0.25, -0.2) is 4.79 Å².